The fourth-order valence-corrected chi connectivity index (χ4v) is 2.88. The second-order valence-corrected chi connectivity index (χ2v) is 6.00. The van der Waals surface area contributed by atoms with E-state index in [2.05, 4.69) is 4.98 Å². The number of esters is 1. The van der Waals surface area contributed by atoms with Crippen molar-refractivity contribution >= 4 is 23.6 Å². The first kappa shape index (κ1) is 16.9. The maximum Gasteiger partial charge on any atom is 0.344 e. The molecule has 25 heavy (non-hydrogen) atoms. The Balaban J connectivity index is 1.47. The summed E-state index contributed by atoms with van der Waals surface area (Å²) in [5, 5.41) is 2.76. The van der Waals surface area contributed by atoms with E-state index in [9.17, 15) is 9.59 Å². The third-order valence-electron chi connectivity index (χ3n) is 3.33. The van der Waals surface area contributed by atoms with E-state index in [1.807, 2.05) is 35.7 Å². The summed E-state index contributed by atoms with van der Waals surface area (Å²) in [6.07, 6.45) is 0.746. The monoisotopic (exact) mass is 353 g/mol. The largest absolute Gasteiger partial charge is 0.482 e. The van der Waals surface area contributed by atoms with Crippen molar-refractivity contribution in [3.05, 3.63) is 71.2 Å². The fourth-order valence-electron chi connectivity index (χ4n) is 2.07. The third-order valence-corrected chi connectivity index (χ3v) is 4.27. The number of hydrogen-bond acceptors (Lipinski definition) is 6. The summed E-state index contributed by atoms with van der Waals surface area (Å²) in [7, 11) is 0. The molecule has 1 aromatic heterocycles. The molecule has 0 aliphatic carbocycles. The number of ether oxygens (including phenoxy) is 2. The van der Waals surface area contributed by atoms with Gasteiger partial charge in [0.1, 0.15) is 23.7 Å². The Bertz CT molecular complexity index is 843. The van der Waals surface area contributed by atoms with Gasteiger partial charge in [-0.05, 0) is 24.3 Å². The molecule has 3 aromatic rings. The van der Waals surface area contributed by atoms with Gasteiger partial charge in [0.25, 0.3) is 0 Å². The second kappa shape index (κ2) is 8.21. The minimum absolute atomic E-state index is 0.107. The van der Waals surface area contributed by atoms with Crippen molar-refractivity contribution in [3.8, 4) is 16.3 Å². The van der Waals surface area contributed by atoms with Crippen LogP contribution in [0.2, 0.25) is 0 Å². The molecule has 0 unspecified atom stereocenters. The van der Waals surface area contributed by atoms with Crippen molar-refractivity contribution in [1.29, 1.82) is 0 Å². The average Bonchev–Trinajstić information content (AvgIpc) is 3.15. The molecule has 0 radical (unpaired) electrons. The van der Waals surface area contributed by atoms with Crippen molar-refractivity contribution < 1.29 is 19.1 Å². The molecule has 3 rings (SSSR count). The number of hydrogen-bond donors (Lipinski definition) is 0. The predicted octanol–water partition coefficient (Wildman–Crippen LogP) is 3.74. The number of thiazole rings is 1. The van der Waals surface area contributed by atoms with Crippen LogP contribution < -0.4 is 4.74 Å². The van der Waals surface area contributed by atoms with Crippen LogP contribution in [0.15, 0.2) is 60.0 Å². The zero-order valence-electron chi connectivity index (χ0n) is 13.3. The van der Waals surface area contributed by atoms with Crippen molar-refractivity contribution in [3.63, 3.8) is 0 Å². The van der Waals surface area contributed by atoms with Gasteiger partial charge in [0, 0.05) is 16.5 Å². The SMILES string of the molecule is O=Cc1ccc(OCC(=O)OCc2csc(-c3ccccc3)n2)cc1. The maximum absolute atomic E-state index is 11.8. The van der Waals surface area contributed by atoms with E-state index in [-0.39, 0.29) is 13.2 Å². The van der Waals surface area contributed by atoms with E-state index in [1.54, 1.807) is 24.3 Å². The van der Waals surface area contributed by atoms with E-state index in [0.717, 1.165) is 16.9 Å². The van der Waals surface area contributed by atoms with Gasteiger partial charge in [0.2, 0.25) is 0 Å². The lowest BCUT2D eigenvalue weighted by Crippen LogP contribution is -2.14. The van der Waals surface area contributed by atoms with E-state index in [1.165, 1.54) is 11.3 Å². The van der Waals surface area contributed by atoms with Gasteiger partial charge in [0.05, 0.1) is 5.69 Å². The summed E-state index contributed by atoms with van der Waals surface area (Å²) >= 11 is 1.51. The minimum atomic E-state index is -0.478. The van der Waals surface area contributed by atoms with E-state index in [0.29, 0.717) is 17.0 Å². The van der Waals surface area contributed by atoms with Crippen LogP contribution in [0.4, 0.5) is 0 Å². The molecule has 0 N–H and O–H groups in total. The number of rotatable bonds is 7. The number of aromatic nitrogens is 1. The normalized spacial score (nSPS) is 10.2. The molecule has 6 heteroatoms. The number of carbonyl (C=O) groups excluding carboxylic acids is 2. The van der Waals surface area contributed by atoms with Crippen LogP contribution in [0.5, 0.6) is 5.75 Å². The molecule has 0 fully saturated rings. The molecule has 126 valence electrons. The Morgan fingerprint density at radius 1 is 1.08 bits per heavy atom. The zero-order valence-corrected chi connectivity index (χ0v) is 14.1. The van der Waals surface area contributed by atoms with Crippen molar-refractivity contribution in [1.82, 2.24) is 4.98 Å². The Hall–Kier alpha value is -2.99. The summed E-state index contributed by atoms with van der Waals surface area (Å²) in [5.41, 5.74) is 2.28. The number of benzene rings is 2. The van der Waals surface area contributed by atoms with Crippen LogP contribution in [0, 0.1) is 0 Å². The van der Waals surface area contributed by atoms with E-state index < -0.39 is 5.97 Å². The topological polar surface area (TPSA) is 65.5 Å². The highest BCUT2D eigenvalue weighted by Crippen LogP contribution is 2.23. The second-order valence-electron chi connectivity index (χ2n) is 5.15. The summed E-state index contributed by atoms with van der Waals surface area (Å²) in [6, 6.07) is 16.3. The molecule has 0 saturated carbocycles. The Morgan fingerprint density at radius 3 is 2.56 bits per heavy atom. The zero-order chi connectivity index (χ0) is 17.5. The maximum atomic E-state index is 11.8. The number of aldehydes is 1. The molecule has 0 bridgehead atoms. The number of nitrogens with zero attached hydrogens (tertiary/aromatic N) is 1. The molecule has 0 aliphatic rings. The van der Waals surface area contributed by atoms with Gasteiger partial charge < -0.3 is 9.47 Å². The van der Waals surface area contributed by atoms with Crippen LogP contribution in [-0.4, -0.2) is 23.8 Å². The van der Waals surface area contributed by atoms with Gasteiger partial charge in [-0.1, -0.05) is 30.3 Å². The lowest BCUT2D eigenvalue weighted by atomic mass is 10.2. The molecule has 0 spiro atoms. The summed E-state index contributed by atoms with van der Waals surface area (Å²) < 4.78 is 10.5. The fraction of sp³-hybridized carbons (Fsp3) is 0.105. The van der Waals surface area contributed by atoms with Crippen LogP contribution in [0.3, 0.4) is 0 Å². The summed E-state index contributed by atoms with van der Waals surface area (Å²) in [4.78, 5) is 26.8. The van der Waals surface area contributed by atoms with E-state index in [4.69, 9.17) is 9.47 Å². The van der Waals surface area contributed by atoms with Crippen molar-refractivity contribution in [2.24, 2.45) is 0 Å². The van der Waals surface area contributed by atoms with Gasteiger partial charge in [0.15, 0.2) is 6.61 Å². The lowest BCUT2D eigenvalue weighted by Gasteiger charge is -2.06. The molecule has 0 amide bonds. The first-order valence-corrected chi connectivity index (χ1v) is 8.46. The smallest absolute Gasteiger partial charge is 0.344 e. The highest BCUT2D eigenvalue weighted by molar-refractivity contribution is 7.13. The molecule has 1 heterocycles. The number of carbonyl (C=O) groups is 2. The predicted molar refractivity (Wildman–Crippen MR) is 94.7 cm³/mol. The average molecular weight is 353 g/mol. The van der Waals surface area contributed by atoms with Gasteiger partial charge in [-0.2, -0.15) is 0 Å². The molecule has 0 atom stereocenters. The van der Waals surface area contributed by atoms with Crippen molar-refractivity contribution in [2.75, 3.05) is 6.61 Å². The van der Waals surface area contributed by atoms with Crippen molar-refractivity contribution in [2.45, 2.75) is 6.61 Å². The molecular formula is C19H15NO4S. The van der Waals surface area contributed by atoms with E-state index >= 15 is 0 Å². The van der Waals surface area contributed by atoms with Gasteiger partial charge in [-0.3, -0.25) is 4.79 Å². The highest BCUT2D eigenvalue weighted by Gasteiger charge is 2.08. The Labute approximate surface area is 148 Å². The molecule has 5 nitrogen and oxygen atoms in total. The first-order chi connectivity index (χ1) is 12.2. The standard InChI is InChI=1S/C19H15NO4S/c21-10-14-6-8-17(9-7-14)23-12-18(22)24-11-16-13-25-19(20-16)15-4-2-1-3-5-15/h1-10,13H,11-12H2. The van der Waals surface area contributed by atoms with Crippen LogP contribution in [0.1, 0.15) is 16.1 Å². The molecule has 0 saturated heterocycles. The minimum Gasteiger partial charge on any atom is -0.482 e. The van der Waals surface area contributed by atoms with Gasteiger partial charge >= 0.3 is 5.97 Å². The Morgan fingerprint density at radius 2 is 1.84 bits per heavy atom. The first-order valence-electron chi connectivity index (χ1n) is 7.58. The van der Waals surface area contributed by atoms with Gasteiger partial charge in [-0.25, -0.2) is 9.78 Å². The van der Waals surface area contributed by atoms with Gasteiger partial charge in [-0.15, -0.1) is 11.3 Å². The van der Waals surface area contributed by atoms with Crippen LogP contribution in [-0.2, 0) is 16.1 Å². The summed E-state index contributed by atoms with van der Waals surface area (Å²) in [6.45, 7) is -0.0915. The summed E-state index contributed by atoms with van der Waals surface area (Å²) in [5.74, 6) is 0.0243. The lowest BCUT2D eigenvalue weighted by molar-refractivity contribution is -0.147. The third kappa shape index (κ3) is 4.74. The quantitative estimate of drug-likeness (QED) is 0.478. The van der Waals surface area contributed by atoms with Crippen LogP contribution >= 0.6 is 11.3 Å². The molecule has 2 aromatic carbocycles. The highest BCUT2D eigenvalue weighted by atomic mass is 32.1. The van der Waals surface area contributed by atoms with Crippen LogP contribution in [0.25, 0.3) is 10.6 Å². The Kier molecular flexibility index (Phi) is 5.53. The molecule has 0 aliphatic heterocycles. The molecular weight excluding hydrogens is 338 g/mol.